The molecule has 1 aromatic rings. The summed E-state index contributed by atoms with van der Waals surface area (Å²) < 4.78 is 0. The highest BCUT2D eigenvalue weighted by Gasteiger charge is 2.19. The van der Waals surface area contributed by atoms with Crippen molar-refractivity contribution < 1.29 is 4.92 Å². The minimum absolute atomic E-state index is 0.170. The van der Waals surface area contributed by atoms with Gasteiger partial charge in [0, 0.05) is 18.7 Å². The summed E-state index contributed by atoms with van der Waals surface area (Å²) in [7, 11) is 0. The van der Waals surface area contributed by atoms with Gasteiger partial charge in [-0.05, 0) is 50.4 Å². The number of nitrogens with one attached hydrogen (secondary N) is 2. The van der Waals surface area contributed by atoms with E-state index < -0.39 is 0 Å². The number of nitrogens with zero attached hydrogens (tertiary/aromatic N) is 1. The number of piperidine rings is 1. The molecule has 1 aliphatic rings. The number of aryl methyl sites for hydroxylation is 2. The number of rotatable bonds is 3. The van der Waals surface area contributed by atoms with Gasteiger partial charge >= 0.3 is 0 Å². The molecule has 2 N–H and O–H groups in total. The molecule has 1 saturated heterocycles. The van der Waals surface area contributed by atoms with Crippen molar-refractivity contribution in [2.75, 3.05) is 18.4 Å². The average Bonchev–Trinajstić information content (AvgIpc) is 2.34. The van der Waals surface area contributed by atoms with E-state index in [1.165, 1.54) is 0 Å². The van der Waals surface area contributed by atoms with Gasteiger partial charge in [-0.15, -0.1) is 0 Å². The minimum atomic E-state index is -0.314. The van der Waals surface area contributed by atoms with E-state index in [9.17, 15) is 10.1 Å². The second kappa shape index (κ2) is 5.35. The average molecular weight is 249 g/mol. The van der Waals surface area contributed by atoms with Crippen molar-refractivity contribution >= 4 is 11.4 Å². The highest BCUT2D eigenvalue weighted by molar-refractivity contribution is 5.65. The Morgan fingerprint density at radius 1 is 1.39 bits per heavy atom. The van der Waals surface area contributed by atoms with Crippen LogP contribution in [0.2, 0.25) is 0 Å². The highest BCUT2D eigenvalue weighted by Crippen LogP contribution is 2.29. The van der Waals surface area contributed by atoms with Crippen LogP contribution in [-0.4, -0.2) is 24.1 Å². The van der Waals surface area contributed by atoms with Gasteiger partial charge in [-0.1, -0.05) is 0 Å². The Morgan fingerprint density at radius 3 is 2.72 bits per heavy atom. The largest absolute Gasteiger partial charge is 0.375 e. The second-order valence-corrected chi connectivity index (χ2v) is 4.90. The molecule has 0 aromatic heterocycles. The minimum Gasteiger partial charge on any atom is -0.375 e. The molecule has 0 aliphatic carbocycles. The quantitative estimate of drug-likeness (QED) is 0.637. The lowest BCUT2D eigenvalue weighted by molar-refractivity contribution is -0.384. The van der Waals surface area contributed by atoms with Crippen LogP contribution in [0.25, 0.3) is 0 Å². The maximum atomic E-state index is 11.1. The van der Waals surface area contributed by atoms with E-state index in [1.807, 2.05) is 19.9 Å². The van der Waals surface area contributed by atoms with Crippen molar-refractivity contribution in [3.63, 3.8) is 0 Å². The van der Waals surface area contributed by atoms with Gasteiger partial charge in [-0.3, -0.25) is 10.1 Å². The third-order valence-electron chi connectivity index (χ3n) is 3.47. The van der Waals surface area contributed by atoms with Crippen molar-refractivity contribution in [1.82, 2.24) is 5.32 Å². The second-order valence-electron chi connectivity index (χ2n) is 4.90. The number of nitro benzene ring substituents is 1. The monoisotopic (exact) mass is 249 g/mol. The zero-order chi connectivity index (χ0) is 13.1. The van der Waals surface area contributed by atoms with Crippen LogP contribution in [-0.2, 0) is 0 Å². The van der Waals surface area contributed by atoms with Crippen LogP contribution in [0.1, 0.15) is 24.0 Å². The molecular weight excluding hydrogens is 230 g/mol. The molecule has 5 nitrogen and oxygen atoms in total. The van der Waals surface area contributed by atoms with Crippen LogP contribution in [0.3, 0.4) is 0 Å². The fraction of sp³-hybridized carbons (Fsp3) is 0.538. The van der Waals surface area contributed by atoms with E-state index in [0.29, 0.717) is 5.69 Å². The van der Waals surface area contributed by atoms with Gasteiger partial charge in [-0.2, -0.15) is 0 Å². The van der Waals surface area contributed by atoms with Gasteiger partial charge in [-0.25, -0.2) is 0 Å². The Balaban J connectivity index is 2.24. The molecule has 18 heavy (non-hydrogen) atoms. The van der Waals surface area contributed by atoms with Gasteiger partial charge in [0.2, 0.25) is 0 Å². The summed E-state index contributed by atoms with van der Waals surface area (Å²) in [5.41, 5.74) is 2.83. The molecule has 1 aromatic carbocycles. The van der Waals surface area contributed by atoms with Crippen molar-refractivity contribution in [1.29, 1.82) is 0 Å². The summed E-state index contributed by atoms with van der Waals surface area (Å²) >= 11 is 0. The lowest BCUT2D eigenvalue weighted by Crippen LogP contribution is -2.38. The van der Waals surface area contributed by atoms with Crippen molar-refractivity contribution in [3.05, 3.63) is 33.4 Å². The number of hydrogen-bond donors (Lipinski definition) is 2. The Labute approximate surface area is 107 Å². The fourth-order valence-electron chi connectivity index (χ4n) is 2.26. The normalized spacial score (nSPS) is 19.6. The van der Waals surface area contributed by atoms with Crippen molar-refractivity contribution in [3.8, 4) is 0 Å². The van der Waals surface area contributed by atoms with Crippen LogP contribution in [0, 0.1) is 24.0 Å². The number of benzene rings is 1. The maximum absolute atomic E-state index is 11.1. The lowest BCUT2D eigenvalue weighted by atomic mass is 10.0. The van der Waals surface area contributed by atoms with E-state index in [1.54, 1.807) is 6.07 Å². The van der Waals surface area contributed by atoms with Crippen LogP contribution in [0.4, 0.5) is 11.4 Å². The van der Waals surface area contributed by atoms with E-state index >= 15 is 0 Å². The van der Waals surface area contributed by atoms with Crippen LogP contribution in [0.15, 0.2) is 12.1 Å². The zero-order valence-electron chi connectivity index (χ0n) is 10.8. The SMILES string of the molecule is Cc1cc(NC2CCCNC2)c([N+](=O)[O-])cc1C. The van der Waals surface area contributed by atoms with E-state index in [2.05, 4.69) is 10.6 Å². The molecule has 0 radical (unpaired) electrons. The van der Waals surface area contributed by atoms with E-state index in [0.717, 1.165) is 37.1 Å². The van der Waals surface area contributed by atoms with Crippen LogP contribution < -0.4 is 10.6 Å². The first-order chi connectivity index (χ1) is 8.58. The predicted molar refractivity (Wildman–Crippen MR) is 72.1 cm³/mol. The molecule has 1 fully saturated rings. The van der Waals surface area contributed by atoms with E-state index in [-0.39, 0.29) is 16.7 Å². The molecule has 0 saturated carbocycles. The summed E-state index contributed by atoms with van der Waals surface area (Å²) in [6, 6.07) is 3.80. The van der Waals surface area contributed by atoms with Crippen LogP contribution in [0.5, 0.6) is 0 Å². The van der Waals surface area contributed by atoms with Gasteiger partial charge < -0.3 is 10.6 Å². The number of nitro groups is 1. The summed E-state index contributed by atoms with van der Waals surface area (Å²) in [5, 5.41) is 17.7. The summed E-state index contributed by atoms with van der Waals surface area (Å²) in [6.45, 7) is 5.77. The Hall–Kier alpha value is -1.62. The zero-order valence-corrected chi connectivity index (χ0v) is 10.8. The van der Waals surface area contributed by atoms with Crippen LogP contribution >= 0.6 is 0 Å². The molecule has 0 spiro atoms. The molecule has 1 aliphatic heterocycles. The molecule has 1 unspecified atom stereocenters. The molecule has 0 bridgehead atoms. The molecule has 1 atom stereocenters. The first-order valence-electron chi connectivity index (χ1n) is 6.31. The summed E-state index contributed by atoms with van der Waals surface area (Å²) in [5.74, 6) is 0. The number of hydrogen-bond acceptors (Lipinski definition) is 4. The molecule has 98 valence electrons. The molecule has 1 heterocycles. The van der Waals surface area contributed by atoms with Crippen molar-refractivity contribution in [2.24, 2.45) is 0 Å². The standard InChI is InChI=1S/C13H19N3O2/c1-9-6-12(13(16(17)18)7-10(9)2)15-11-4-3-5-14-8-11/h6-7,11,14-15H,3-5,8H2,1-2H3. The third-order valence-corrected chi connectivity index (χ3v) is 3.47. The Morgan fingerprint density at radius 2 is 2.11 bits per heavy atom. The molecular formula is C13H19N3O2. The highest BCUT2D eigenvalue weighted by atomic mass is 16.6. The summed E-state index contributed by atoms with van der Waals surface area (Å²) in [6.07, 6.45) is 2.16. The fourth-order valence-corrected chi connectivity index (χ4v) is 2.26. The molecule has 5 heteroatoms. The topological polar surface area (TPSA) is 67.2 Å². The lowest BCUT2D eigenvalue weighted by Gasteiger charge is -2.25. The molecule has 0 amide bonds. The Bertz CT molecular complexity index is 454. The number of anilines is 1. The van der Waals surface area contributed by atoms with E-state index in [4.69, 9.17) is 0 Å². The Kier molecular flexibility index (Phi) is 3.81. The predicted octanol–water partition coefficient (Wildman–Crippen LogP) is 2.38. The van der Waals surface area contributed by atoms with Gasteiger partial charge in [0.25, 0.3) is 5.69 Å². The molecule has 2 rings (SSSR count). The first-order valence-corrected chi connectivity index (χ1v) is 6.31. The van der Waals surface area contributed by atoms with Gasteiger partial charge in [0.1, 0.15) is 5.69 Å². The van der Waals surface area contributed by atoms with Crippen molar-refractivity contribution in [2.45, 2.75) is 32.7 Å². The summed E-state index contributed by atoms with van der Waals surface area (Å²) in [4.78, 5) is 10.8. The maximum Gasteiger partial charge on any atom is 0.292 e. The first kappa shape index (κ1) is 12.8. The third kappa shape index (κ3) is 2.79. The van der Waals surface area contributed by atoms with Gasteiger partial charge in [0.15, 0.2) is 0 Å². The smallest absolute Gasteiger partial charge is 0.292 e. The van der Waals surface area contributed by atoms with Gasteiger partial charge in [0.05, 0.1) is 4.92 Å².